The van der Waals surface area contributed by atoms with E-state index in [2.05, 4.69) is 6.92 Å². The summed E-state index contributed by atoms with van der Waals surface area (Å²) in [7, 11) is 0. The molecule has 0 radical (unpaired) electrons. The molecule has 0 unspecified atom stereocenters. The van der Waals surface area contributed by atoms with Crippen molar-refractivity contribution >= 4 is 11.9 Å². The Balaban J connectivity index is 2.88. The minimum absolute atomic E-state index is 0.259. The molecule has 0 saturated carbocycles. The van der Waals surface area contributed by atoms with Crippen molar-refractivity contribution in [2.75, 3.05) is 13.2 Å². The maximum Gasteiger partial charge on any atom is 0.338 e. The van der Waals surface area contributed by atoms with Crippen LogP contribution in [0.1, 0.15) is 47.5 Å². The maximum absolute atomic E-state index is 12.3. The Morgan fingerprint density at radius 2 is 1.32 bits per heavy atom. The van der Waals surface area contributed by atoms with Crippen molar-refractivity contribution in [1.29, 1.82) is 0 Å². The summed E-state index contributed by atoms with van der Waals surface area (Å²) in [5.41, 5.74) is 0.692. The van der Waals surface area contributed by atoms with E-state index in [0.29, 0.717) is 30.3 Å². The molecule has 0 aromatic heterocycles. The summed E-state index contributed by atoms with van der Waals surface area (Å²) in [6.07, 6.45) is 5.12. The fraction of sp³-hybridized carbons (Fsp3) is 0.667. The van der Waals surface area contributed by atoms with Crippen LogP contribution >= 0.6 is 0 Å². The standard InChI is InChI=1S/C18H28O4/c1-12(2)10-21-17(19)15-8-6-14(5)7-9-16(15)18(20)22-11-13(3)4/h8-9,12-14H,6-7,10-11H2,1-5H3. The van der Waals surface area contributed by atoms with Gasteiger partial charge in [-0.3, -0.25) is 0 Å². The Morgan fingerprint density at radius 3 is 1.64 bits per heavy atom. The molecule has 22 heavy (non-hydrogen) atoms. The Morgan fingerprint density at radius 1 is 0.955 bits per heavy atom. The molecule has 0 fully saturated rings. The van der Waals surface area contributed by atoms with Crippen molar-refractivity contribution in [1.82, 2.24) is 0 Å². The second-order valence-corrected chi connectivity index (χ2v) is 6.80. The predicted molar refractivity (Wildman–Crippen MR) is 86.2 cm³/mol. The molecule has 4 nitrogen and oxygen atoms in total. The van der Waals surface area contributed by atoms with E-state index in [1.165, 1.54) is 0 Å². The molecule has 0 atom stereocenters. The smallest absolute Gasteiger partial charge is 0.338 e. The summed E-state index contributed by atoms with van der Waals surface area (Å²) in [6.45, 7) is 10.7. The lowest BCUT2D eigenvalue weighted by molar-refractivity contribution is -0.143. The number of esters is 2. The topological polar surface area (TPSA) is 52.6 Å². The number of ether oxygens (including phenoxy) is 2. The van der Waals surface area contributed by atoms with Crippen molar-refractivity contribution < 1.29 is 19.1 Å². The van der Waals surface area contributed by atoms with Gasteiger partial charge in [0.1, 0.15) is 0 Å². The summed E-state index contributed by atoms with van der Waals surface area (Å²) in [5, 5.41) is 0. The highest BCUT2D eigenvalue weighted by atomic mass is 16.5. The van der Waals surface area contributed by atoms with Gasteiger partial charge in [0.05, 0.1) is 24.4 Å². The third kappa shape index (κ3) is 6.04. The van der Waals surface area contributed by atoms with Crippen molar-refractivity contribution in [3.8, 4) is 0 Å². The molecule has 1 aliphatic carbocycles. The second kappa shape index (κ2) is 8.76. The molecule has 0 saturated heterocycles. The zero-order valence-corrected chi connectivity index (χ0v) is 14.3. The van der Waals surface area contributed by atoms with E-state index >= 15 is 0 Å². The third-order valence-electron chi connectivity index (χ3n) is 3.27. The van der Waals surface area contributed by atoms with Crippen molar-refractivity contribution in [2.45, 2.75) is 47.5 Å². The molecule has 4 heteroatoms. The summed E-state index contributed by atoms with van der Waals surface area (Å²) >= 11 is 0. The summed E-state index contributed by atoms with van der Waals surface area (Å²) < 4.78 is 10.6. The lowest BCUT2D eigenvalue weighted by Crippen LogP contribution is -2.19. The van der Waals surface area contributed by atoms with Gasteiger partial charge in [0.25, 0.3) is 0 Å². The molecule has 0 amide bonds. The Kier molecular flexibility index (Phi) is 7.36. The van der Waals surface area contributed by atoms with Crippen LogP contribution in [0, 0.1) is 17.8 Å². The van der Waals surface area contributed by atoms with Crippen LogP contribution in [0.25, 0.3) is 0 Å². The van der Waals surface area contributed by atoms with Crippen LogP contribution in [0.4, 0.5) is 0 Å². The first-order valence-corrected chi connectivity index (χ1v) is 8.06. The highest BCUT2D eigenvalue weighted by molar-refractivity contribution is 6.07. The van der Waals surface area contributed by atoms with Crippen LogP contribution in [-0.4, -0.2) is 25.2 Å². The highest BCUT2D eigenvalue weighted by Crippen LogP contribution is 2.24. The number of allylic oxidation sites excluding steroid dienone is 2. The van der Waals surface area contributed by atoms with E-state index in [-0.39, 0.29) is 11.8 Å². The Hall–Kier alpha value is -1.58. The van der Waals surface area contributed by atoms with Crippen molar-refractivity contribution in [3.05, 3.63) is 23.3 Å². The summed E-state index contributed by atoms with van der Waals surface area (Å²) in [4.78, 5) is 24.6. The first kappa shape index (κ1) is 18.5. The molecule has 0 bridgehead atoms. The van der Waals surface area contributed by atoms with E-state index in [1.54, 1.807) is 0 Å². The van der Waals surface area contributed by atoms with E-state index in [9.17, 15) is 9.59 Å². The van der Waals surface area contributed by atoms with Crippen LogP contribution in [0.15, 0.2) is 23.3 Å². The van der Waals surface area contributed by atoms with Gasteiger partial charge < -0.3 is 9.47 Å². The SMILES string of the molecule is CC(C)COC(=O)C1=CCC(C)CC=C1C(=O)OCC(C)C. The van der Waals surface area contributed by atoms with E-state index < -0.39 is 11.9 Å². The zero-order chi connectivity index (χ0) is 16.7. The molecule has 0 spiro atoms. The minimum Gasteiger partial charge on any atom is -0.462 e. The Bertz CT molecular complexity index is 416. The highest BCUT2D eigenvalue weighted by Gasteiger charge is 2.25. The number of rotatable bonds is 6. The summed E-state index contributed by atoms with van der Waals surface area (Å²) in [6, 6.07) is 0. The average molecular weight is 308 g/mol. The molecule has 0 aliphatic heterocycles. The number of carbonyl (C=O) groups excluding carboxylic acids is 2. The van der Waals surface area contributed by atoms with Gasteiger partial charge in [0, 0.05) is 0 Å². The molecule has 1 aliphatic rings. The third-order valence-corrected chi connectivity index (χ3v) is 3.27. The van der Waals surface area contributed by atoms with Gasteiger partial charge in [0.2, 0.25) is 0 Å². The number of carbonyl (C=O) groups is 2. The first-order chi connectivity index (χ1) is 10.3. The molecule has 0 aromatic carbocycles. The van der Waals surface area contributed by atoms with Gasteiger partial charge in [-0.25, -0.2) is 9.59 Å². The lowest BCUT2D eigenvalue weighted by atomic mass is 10.1. The van der Waals surface area contributed by atoms with Crippen molar-refractivity contribution in [3.63, 3.8) is 0 Å². The fourth-order valence-electron chi connectivity index (χ4n) is 1.98. The largest absolute Gasteiger partial charge is 0.462 e. The molecule has 0 aromatic rings. The number of hydrogen-bond donors (Lipinski definition) is 0. The van der Waals surface area contributed by atoms with Crippen LogP contribution in [-0.2, 0) is 19.1 Å². The zero-order valence-electron chi connectivity index (χ0n) is 14.3. The quantitative estimate of drug-likeness (QED) is 0.703. The first-order valence-electron chi connectivity index (χ1n) is 8.06. The van der Waals surface area contributed by atoms with Gasteiger partial charge in [0.15, 0.2) is 0 Å². The van der Waals surface area contributed by atoms with Crippen LogP contribution in [0.2, 0.25) is 0 Å². The van der Waals surface area contributed by atoms with Gasteiger partial charge in [-0.05, 0) is 30.6 Å². The van der Waals surface area contributed by atoms with E-state index in [0.717, 1.165) is 12.8 Å². The molecular weight excluding hydrogens is 280 g/mol. The van der Waals surface area contributed by atoms with Crippen LogP contribution in [0.3, 0.4) is 0 Å². The van der Waals surface area contributed by atoms with E-state index in [1.807, 2.05) is 39.8 Å². The summed E-state index contributed by atoms with van der Waals surface area (Å²) in [5.74, 6) is 0.0403. The molecule has 0 heterocycles. The van der Waals surface area contributed by atoms with Gasteiger partial charge in [-0.2, -0.15) is 0 Å². The monoisotopic (exact) mass is 308 g/mol. The lowest BCUT2D eigenvalue weighted by Gasteiger charge is -2.13. The maximum atomic E-state index is 12.3. The fourth-order valence-corrected chi connectivity index (χ4v) is 1.98. The van der Waals surface area contributed by atoms with Gasteiger partial charge in [-0.1, -0.05) is 46.8 Å². The predicted octanol–water partition coefficient (Wildman–Crippen LogP) is 3.67. The average Bonchev–Trinajstić information content (AvgIpc) is 2.64. The van der Waals surface area contributed by atoms with Crippen LogP contribution < -0.4 is 0 Å². The van der Waals surface area contributed by atoms with Gasteiger partial charge >= 0.3 is 11.9 Å². The minimum atomic E-state index is -0.435. The van der Waals surface area contributed by atoms with Gasteiger partial charge in [-0.15, -0.1) is 0 Å². The molecule has 1 rings (SSSR count). The van der Waals surface area contributed by atoms with Crippen LogP contribution in [0.5, 0.6) is 0 Å². The number of hydrogen-bond acceptors (Lipinski definition) is 4. The Labute approximate surface area is 133 Å². The molecule has 124 valence electrons. The second-order valence-electron chi connectivity index (χ2n) is 6.80. The van der Waals surface area contributed by atoms with E-state index in [4.69, 9.17) is 9.47 Å². The normalized spacial score (nSPS) is 16.1. The molecular formula is C18H28O4. The van der Waals surface area contributed by atoms with Crippen molar-refractivity contribution in [2.24, 2.45) is 17.8 Å². The molecule has 0 N–H and O–H groups in total.